The molecule has 0 atom stereocenters. The normalized spacial score (nSPS) is 22.7. The van der Waals surface area contributed by atoms with Gasteiger partial charge in [-0.15, -0.1) is 0 Å². The Labute approximate surface area is 44.8 Å². The van der Waals surface area contributed by atoms with Crippen LogP contribution in [0.5, 0.6) is 0 Å². The maximum atomic E-state index is 10.5. The Bertz CT molecular complexity index is 212. The van der Waals surface area contributed by atoms with Gasteiger partial charge in [-0.2, -0.15) is 0 Å². The van der Waals surface area contributed by atoms with Gasteiger partial charge in [-0.3, -0.25) is 0 Å². The van der Waals surface area contributed by atoms with Crippen LogP contribution in [0.15, 0.2) is 12.6 Å². The number of hydrogen-bond acceptors (Lipinski definition) is 2. The zero-order chi connectivity index (χ0) is 9.94. The van der Waals surface area contributed by atoms with Crippen molar-refractivity contribution in [3.63, 3.8) is 0 Å². The number of methoxy groups -OCH3 is 1. The quantitative estimate of drug-likeness (QED) is 0.344. The maximum Gasteiger partial charge on any atom is 0.329 e. The summed E-state index contributed by atoms with van der Waals surface area (Å²) < 4.78 is 42.8. The van der Waals surface area contributed by atoms with E-state index in [0.717, 1.165) is 0 Å². The van der Waals surface area contributed by atoms with E-state index >= 15 is 0 Å². The van der Waals surface area contributed by atoms with Gasteiger partial charge in [0.25, 0.3) is 0 Å². The molecule has 0 N–H and O–H groups in total. The minimum atomic E-state index is -2.93. The summed E-state index contributed by atoms with van der Waals surface area (Å²) in [7, 11) is -2.93. The van der Waals surface area contributed by atoms with Crippen LogP contribution in [-0.4, -0.2) is 13.0 Å². The molecular formula is C4H6O2. The molecule has 0 rings (SSSR count). The first-order valence-corrected chi connectivity index (χ1v) is 1.11. The highest BCUT2D eigenvalue weighted by Gasteiger charge is 1.81. The van der Waals surface area contributed by atoms with Crippen molar-refractivity contribution in [2.24, 2.45) is 0 Å². The van der Waals surface area contributed by atoms with Gasteiger partial charge >= 0.3 is 5.97 Å². The Hall–Kier alpha value is -0.790. The van der Waals surface area contributed by atoms with Crippen molar-refractivity contribution in [2.75, 3.05) is 7.04 Å². The van der Waals surface area contributed by atoms with Gasteiger partial charge < -0.3 is 4.74 Å². The van der Waals surface area contributed by atoms with E-state index in [1.165, 1.54) is 0 Å². The van der Waals surface area contributed by atoms with E-state index in [0.29, 0.717) is 0 Å². The summed E-state index contributed by atoms with van der Waals surface area (Å²) in [5.41, 5.74) is 0. The van der Waals surface area contributed by atoms with Crippen LogP contribution < -0.4 is 0 Å². The fraction of sp³-hybridized carbons (Fsp3) is 0.250. The molecule has 0 saturated heterocycles. The van der Waals surface area contributed by atoms with Crippen LogP contribution in [0, 0.1) is 0 Å². The zero-order valence-corrected chi connectivity index (χ0v) is 2.82. The van der Waals surface area contributed by atoms with E-state index in [1.807, 2.05) is 0 Å². The average molecular weight is 92.1 g/mol. The van der Waals surface area contributed by atoms with Crippen molar-refractivity contribution in [3.05, 3.63) is 12.6 Å². The zero-order valence-electron chi connectivity index (χ0n) is 8.82. The van der Waals surface area contributed by atoms with Crippen molar-refractivity contribution in [3.8, 4) is 0 Å². The molecule has 34 valence electrons. The molecule has 6 heavy (non-hydrogen) atoms. The van der Waals surface area contributed by atoms with E-state index in [1.54, 1.807) is 0 Å². The summed E-state index contributed by atoms with van der Waals surface area (Å²) in [5.74, 6) is -1.49. The number of rotatable bonds is 1. The lowest BCUT2D eigenvalue weighted by molar-refractivity contribution is -0.134. The first-order valence-electron chi connectivity index (χ1n) is 4.11. The van der Waals surface area contributed by atoms with E-state index in [-0.39, 0.29) is 0 Å². The van der Waals surface area contributed by atoms with Crippen LogP contribution in [-0.2, 0) is 9.53 Å². The van der Waals surface area contributed by atoms with Gasteiger partial charge in [0.1, 0.15) is 0 Å². The second-order valence-corrected chi connectivity index (χ2v) is 0.515. The predicted octanol–water partition coefficient (Wildman–Crippen LogP) is 0.345. The van der Waals surface area contributed by atoms with Gasteiger partial charge in [0.15, 0.2) is 0 Å². The van der Waals surface area contributed by atoms with Crippen molar-refractivity contribution < 1.29 is 17.8 Å². The number of carbonyl (C=O) groups excluding carboxylic acids is 1. The molecule has 0 aromatic carbocycles. The third-order valence-corrected chi connectivity index (χ3v) is 0.195. The highest BCUT2D eigenvalue weighted by Crippen LogP contribution is 1.67. The summed E-state index contributed by atoms with van der Waals surface area (Å²) in [4.78, 5) is 10.5. The molecule has 0 heterocycles. The van der Waals surface area contributed by atoms with Crippen molar-refractivity contribution >= 4 is 5.97 Å². The Morgan fingerprint density at radius 3 is 4.00 bits per heavy atom. The van der Waals surface area contributed by atoms with Crippen LogP contribution in [0.4, 0.5) is 0 Å². The van der Waals surface area contributed by atoms with Crippen molar-refractivity contribution in [1.29, 1.82) is 0 Å². The Morgan fingerprint density at radius 2 is 3.50 bits per heavy atom. The van der Waals surface area contributed by atoms with Crippen LogP contribution in [0.25, 0.3) is 0 Å². The van der Waals surface area contributed by atoms with Crippen LogP contribution in [0.3, 0.4) is 0 Å². The van der Waals surface area contributed by atoms with Gasteiger partial charge in [0.05, 0.1) is 15.3 Å². The lowest BCUT2D eigenvalue weighted by Crippen LogP contribution is -1.91. The number of esters is 1. The molecular weight excluding hydrogens is 80.0 g/mol. The van der Waals surface area contributed by atoms with Gasteiger partial charge in [-0.05, 0) is 0 Å². The average Bonchev–Trinajstić information content (AvgIpc) is 1.82. The fourth-order valence-corrected chi connectivity index (χ4v) is 0.0255. The minimum Gasteiger partial charge on any atom is -0.466 e. The SMILES string of the molecule is [2H]C([2H])=C([2H])C(=O)OC([2H])([2H])[2H]. The monoisotopic (exact) mass is 92.1 g/mol. The molecule has 0 radical (unpaired) electrons. The Kier molecular flexibility index (Phi) is 0.361. The molecule has 0 aliphatic rings. The smallest absolute Gasteiger partial charge is 0.329 e. The summed E-state index contributed by atoms with van der Waals surface area (Å²) in [6, 6.07) is -1.08. The van der Waals surface area contributed by atoms with Crippen LogP contribution in [0.1, 0.15) is 8.22 Å². The lowest BCUT2D eigenvalue weighted by Gasteiger charge is -1.83. The molecule has 0 aliphatic heterocycles. The summed E-state index contributed by atoms with van der Waals surface area (Å²) in [5, 5.41) is 0. The third kappa shape index (κ3) is 1.52. The van der Waals surface area contributed by atoms with E-state index in [2.05, 4.69) is 4.74 Å². The van der Waals surface area contributed by atoms with Gasteiger partial charge in [0.2, 0.25) is 0 Å². The Morgan fingerprint density at radius 1 is 2.67 bits per heavy atom. The fourth-order valence-electron chi connectivity index (χ4n) is 0.0255. The molecule has 0 fully saturated rings. The second-order valence-electron chi connectivity index (χ2n) is 0.515. The number of ether oxygens (including phenoxy) is 1. The molecule has 2 nitrogen and oxygen atoms in total. The molecule has 0 aromatic heterocycles. The molecule has 2 heteroatoms. The molecule has 0 unspecified atom stereocenters. The molecule has 0 amide bonds. The van der Waals surface area contributed by atoms with Crippen molar-refractivity contribution in [2.45, 2.75) is 0 Å². The van der Waals surface area contributed by atoms with Gasteiger partial charge in [0, 0.05) is 6.05 Å². The van der Waals surface area contributed by atoms with E-state index in [4.69, 9.17) is 8.22 Å². The van der Waals surface area contributed by atoms with Gasteiger partial charge in [-0.1, -0.05) is 6.53 Å². The Balaban J connectivity index is 4.36. The molecule has 0 saturated carbocycles. The van der Waals surface area contributed by atoms with E-state index < -0.39 is 25.6 Å². The largest absolute Gasteiger partial charge is 0.466 e. The highest BCUT2D eigenvalue weighted by atomic mass is 16.5. The predicted molar refractivity (Wildman–Crippen MR) is 22.2 cm³/mol. The van der Waals surface area contributed by atoms with Crippen LogP contribution >= 0.6 is 0 Å². The summed E-state index contributed by atoms with van der Waals surface area (Å²) >= 11 is 0. The van der Waals surface area contributed by atoms with Crippen molar-refractivity contribution in [1.82, 2.24) is 0 Å². The molecule has 0 aromatic rings. The molecule has 0 bridgehead atoms. The second kappa shape index (κ2) is 2.45. The minimum absolute atomic E-state index is 1.08. The number of carbonyl (C=O) groups is 1. The first-order chi connectivity index (χ1) is 5.24. The number of hydrogen-bond donors (Lipinski definition) is 0. The first kappa shape index (κ1) is 0.886. The molecule has 0 aliphatic carbocycles. The topological polar surface area (TPSA) is 26.3 Å². The standard InChI is InChI=1S/C4H6O2/c1-3-4(5)6-2/h3H,1H2,2H3/i1D2,2D3,3D. The third-order valence-electron chi connectivity index (χ3n) is 0.195. The highest BCUT2D eigenvalue weighted by molar-refractivity contribution is 5.80. The van der Waals surface area contributed by atoms with E-state index in [9.17, 15) is 4.79 Å². The summed E-state index contributed by atoms with van der Waals surface area (Å²) in [6.07, 6.45) is 0. The molecule has 0 spiro atoms. The lowest BCUT2D eigenvalue weighted by atomic mass is 10.7. The summed E-state index contributed by atoms with van der Waals surface area (Å²) in [6.45, 7) is -1.08. The van der Waals surface area contributed by atoms with Crippen LogP contribution in [0.2, 0.25) is 0 Å². The van der Waals surface area contributed by atoms with Gasteiger partial charge in [-0.25, -0.2) is 4.79 Å². The maximum absolute atomic E-state index is 10.5.